The van der Waals surface area contributed by atoms with Gasteiger partial charge in [-0.1, -0.05) is 0 Å². The summed E-state index contributed by atoms with van der Waals surface area (Å²) in [6.45, 7) is 7.80. The fourth-order valence-electron chi connectivity index (χ4n) is 3.60. The lowest BCUT2D eigenvalue weighted by atomic mass is 9.96. The van der Waals surface area contributed by atoms with Crippen molar-refractivity contribution in [2.75, 3.05) is 13.1 Å². The van der Waals surface area contributed by atoms with Crippen molar-refractivity contribution in [2.45, 2.75) is 46.1 Å². The zero-order chi connectivity index (χ0) is 17.4. The molecule has 2 aromatic rings. The predicted molar refractivity (Wildman–Crippen MR) is 91.3 cm³/mol. The highest BCUT2D eigenvalue weighted by molar-refractivity contribution is 5.94. The Morgan fingerprint density at radius 3 is 2.79 bits per heavy atom. The van der Waals surface area contributed by atoms with E-state index in [9.17, 15) is 9.59 Å². The number of H-pyrrole nitrogens is 1. The van der Waals surface area contributed by atoms with Gasteiger partial charge >= 0.3 is 5.69 Å². The Morgan fingerprint density at radius 2 is 2.17 bits per heavy atom. The summed E-state index contributed by atoms with van der Waals surface area (Å²) in [7, 11) is 1.68. The molecule has 7 nitrogen and oxygen atoms in total. The van der Waals surface area contributed by atoms with Gasteiger partial charge in [0.15, 0.2) is 0 Å². The maximum absolute atomic E-state index is 12.8. The molecular formula is C17H25N5O2. The first-order chi connectivity index (χ1) is 11.4. The number of aryl methyl sites for hydroxylation is 3. The maximum atomic E-state index is 12.8. The highest BCUT2D eigenvalue weighted by atomic mass is 16.2. The molecule has 0 aliphatic carbocycles. The van der Waals surface area contributed by atoms with Crippen LogP contribution < -0.4 is 5.69 Å². The van der Waals surface area contributed by atoms with Gasteiger partial charge in [-0.05, 0) is 45.2 Å². The van der Waals surface area contributed by atoms with E-state index in [2.05, 4.69) is 10.1 Å². The van der Waals surface area contributed by atoms with Crippen LogP contribution in [0.2, 0.25) is 0 Å². The monoisotopic (exact) mass is 331 g/mol. The number of hydrogen-bond donors (Lipinski definition) is 1. The van der Waals surface area contributed by atoms with Crippen LogP contribution in [0.3, 0.4) is 0 Å². The molecule has 0 radical (unpaired) electrons. The Kier molecular flexibility index (Phi) is 4.34. The molecule has 3 heterocycles. The van der Waals surface area contributed by atoms with Gasteiger partial charge in [0.25, 0.3) is 5.91 Å². The van der Waals surface area contributed by atoms with E-state index in [0.717, 1.165) is 36.5 Å². The average molecular weight is 331 g/mol. The van der Waals surface area contributed by atoms with Gasteiger partial charge in [-0.25, -0.2) is 9.48 Å². The highest BCUT2D eigenvalue weighted by Crippen LogP contribution is 2.26. The van der Waals surface area contributed by atoms with Crippen molar-refractivity contribution < 1.29 is 4.79 Å². The van der Waals surface area contributed by atoms with Gasteiger partial charge in [-0.15, -0.1) is 0 Å². The summed E-state index contributed by atoms with van der Waals surface area (Å²) in [5.41, 5.74) is 2.55. The quantitative estimate of drug-likeness (QED) is 0.927. The molecule has 1 unspecified atom stereocenters. The molecule has 1 aliphatic heterocycles. The standard InChI is InChI=1S/C17H25N5O2/c1-5-22-15(19-20(4)17(22)24)13-7-6-8-21(10-13)16(23)14-11(2)9-12(3)18-14/h9,13,18H,5-8,10H2,1-4H3. The predicted octanol–water partition coefficient (Wildman–Crippen LogP) is 1.57. The number of aromatic nitrogens is 4. The van der Waals surface area contributed by atoms with E-state index in [4.69, 9.17) is 0 Å². The van der Waals surface area contributed by atoms with E-state index in [1.807, 2.05) is 31.7 Å². The highest BCUT2D eigenvalue weighted by Gasteiger charge is 2.30. The molecule has 130 valence electrons. The van der Waals surface area contributed by atoms with Crippen LogP contribution in [0.25, 0.3) is 0 Å². The third kappa shape index (κ3) is 2.79. The summed E-state index contributed by atoms with van der Waals surface area (Å²) in [5, 5.41) is 4.41. The molecule has 1 amide bonds. The molecule has 1 aliphatic rings. The molecule has 1 atom stereocenters. The van der Waals surface area contributed by atoms with Crippen LogP contribution in [0.15, 0.2) is 10.9 Å². The fourth-order valence-corrected chi connectivity index (χ4v) is 3.60. The molecule has 0 aromatic carbocycles. The van der Waals surface area contributed by atoms with Crippen molar-refractivity contribution in [3.8, 4) is 0 Å². The Labute approximate surface area is 141 Å². The summed E-state index contributed by atoms with van der Waals surface area (Å²) in [4.78, 5) is 30.0. The number of nitrogens with zero attached hydrogens (tertiary/aromatic N) is 4. The van der Waals surface area contributed by atoms with Crippen molar-refractivity contribution in [2.24, 2.45) is 7.05 Å². The van der Waals surface area contributed by atoms with Gasteiger partial charge < -0.3 is 9.88 Å². The van der Waals surface area contributed by atoms with Gasteiger partial charge in [0.2, 0.25) is 0 Å². The largest absolute Gasteiger partial charge is 0.354 e. The Morgan fingerprint density at radius 1 is 1.42 bits per heavy atom. The third-order valence-corrected chi connectivity index (χ3v) is 4.79. The van der Waals surface area contributed by atoms with Crippen LogP contribution in [-0.2, 0) is 13.6 Å². The molecule has 2 aromatic heterocycles. The van der Waals surface area contributed by atoms with Crippen molar-refractivity contribution in [3.63, 3.8) is 0 Å². The molecule has 3 rings (SSSR count). The van der Waals surface area contributed by atoms with E-state index < -0.39 is 0 Å². The number of carbonyl (C=O) groups is 1. The van der Waals surface area contributed by atoms with Gasteiger partial charge in [0, 0.05) is 38.3 Å². The topological polar surface area (TPSA) is 75.9 Å². The van der Waals surface area contributed by atoms with Crippen molar-refractivity contribution in [1.82, 2.24) is 24.2 Å². The number of hydrogen-bond acceptors (Lipinski definition) is 3. The number of aromatic amines is 1. The van der Waals surface area contributed by atoms with Gasteiger partial charge in [0.05, 0.1) is 0 Å². The lowest BCUT2D eigenvalue weighted by Crippen LogP contribution is -2.40. The Balaban J connectivity index is 1.85. The van der Waals surface area contributed by atoms with E-state index in [1.54, 1.807) is 11.6 Å². The van der Waals surface area contributed by atoms with Crippen LogP contribution in [0.5, 0.6) is 0 Å². The van der Waals surface area contributed by atoms with Crippen LogP contribution in [0, 0.1) is 13.8 Å². The molecule has 1 fully saturated rings. The number of piperidine rings is 1. The molecule has 1 saturated heterocycles. The van der Waals surface area contributed by atoms with E-state index in [-0.39, 0.29) is 17.5 Å². The van der Waals surface area contributed by atoms with Crippen LogP contribution in [-0.4, -0.2) is 43.2 Å². The maximum Gasteiger partial charge on any atom is 0.345 e. The summed E-state index contributed by atoms with van der Waals surface area (Å²) in [5.74, 6) is 0.932. The molecule has 7 heteroatoms. The molecule has 0 spiro atoms. The molecular weight excluding hydrogens is 306 g/mol. The Hall–Kier alpha value is -2.31. The second-order valence-corrected chi connectivity index (χ2v) is 6.61. The second kappa shape index (κ2) is 6.30. The van der Waals surface area contributed by atoms with Crippen LogP contribution in [0.4, 0.5) is 0 Å². The lowest BCUT2D eigenvalue weighted by Gasteiger charge is -2.32. The Bertz CT molecular complexity index is 814. The first kappa shape index (κ1) is 16.5. The summed E-state index contributed by atoms with van der Waals surface area (Å²) >= 11 is 0. The summed E-state index contributed by atoms with van der Waals surface area (Å²) in [6.07, 6.45) is 1.87. The van der Waals surface area contributed by atoms with Gasteiger partial charge in [-0.2, -0.15) is 5.10 Å². The van der Waals surface area contributed by atoms with Gasteiger partial charge in [-0.3, -0.25) is 9.36 Å². The second-order valence-electron chi connectivity index (χ2n) is 6.61. The van der Waals surface area contributed by atoms with Crippen molar-refractivity contribution in [1.29, 1.82) is 0 Å². The normalized spacial score (nSPS) is 18.2. The van der Waals surface area contributed by atoms with Crippen molar-refractivity contribution >= 4 is 5.91 Å². The minimum absolute atomic E-state index is 0.0339. The summed E-state index contributed by atoms with van der Waals surface area (Å²) in [6, 6.07) is 1.99. The first-order valence-corrected chi connectivity index (χ1v) is 8.51. The minimum atomic E-state index is -0.0909. The van der Waals surface area contributed by atoms with Gasteiger partial charge in [0.1, 0.15) is 11.5 Å². The number of carbonyl (C=O) groups excluding carboxylic acids is 1. The van der Waals surface area contributed by atoms with Crippen LogP contribution >= 0.6 is 0 Å². The first-order valence-electron chi connectivity index (χ1n) is 8.51. The van der Waals surface area contributed by atoms with Crippen molar-refractivity contribution in [3.05, 3.63) is 39.3 Å². The minimum Gasteiger partial charge on any atom is -0.354 e. The van der Waals surface area contributed by atoms with E-state index in [0.29, 0.717) is 18.8 Å². The SMILES string of the molecule is CCn1c(C2CCCN(C(=O)c3[nH]c(C)cc3C)C2)nn(C)c1=O. The van der Waals surface area contributed by atoms with Crippen LogP contribution in [0.1, 0.15) is 53.3 Å². The average Bonchev–Trinajstić information content (AvgIpc) is 3.06. The third-order valence-electron chi connectivity index (χ3n) is 4.79. The molecule has 24 heavy (non-hydrogen) atoms. The molecule has 0 saturated carbocycles. The van der Waals surface area contributed by atoms with E-state index in [1.165, 1.54) is 4.68 Å². The molecule has 1 N–H and O–H groups in total. The van der Waals surface area contributed by atoms with E-state index >= 15 is 0 Å². The summed E-state index contributed by atoms with van der Waals surface area (Å²) < 4.78 is 3.10. The molecule has 0 bridgehead atoms. The number of rotatable bonds is 3. The zero-order valence-corrected chi connectivity index (χ0v) is 14.8. The smallest absolute Gasteiger partial charge is 0.345 e. The lowest BCUT2D eigenvalue weighted by molar-refractivity contribution is 0.0697. The number of likely N-dealkylation sites (tertiary alicyclic amines) is 1. The number of amides is 1. The zero-order valence-electron chi connectivity index (χ0n) is 14.8. The fraction of sp³-hybridized carbons (Fsp3) is 0.588. The number of nitrogens with one attached hydrogen (secondary N) is 1.